The molecule has 8 heteroatoms. The summed E-state index contributed by atoms with van der Waals surface area (Å²) in [5, 5.41) is 14.2. The minimum atomic E-state index is -1.29. The van der Waals surface area contributed by atoms with Crippen molar-refractivity contribution in [3.63, 3.8) is 0 Å². The summed E-state index contributed by atoms with van der Waals surface area (Å²) in [6, 6.07) is -1.80. The van der Waals surface area contributed by atoms with Gasteiger partial charge in [-0.05, 0) is 6.42 Å². The van der Waals surface area contributed by atoms with E-state index in [0.29, 0.717) is 13.0 Å². The van der Waals surface area contributed by atoms with Gasteiger partial charge in [-0.2, -0.15) is 0 Å². The zero-order valence-corrected chi connectivity index (χ0v) is 10.8. The summed E-state index contributed by atoms with van der Waals surface area (Å²) in [6.45, 7) is 0.531. The van der Waals surface area contributed by atoms with Crippen molar-refractivity contribution in [3.05, 3.63) is 0 Å². The molecule has 1 fully saturated rings. The second-order valence-electron chi connectivity index (χ2n) is 4.23. The second kappa shape index (κ2) is 7.05. The Bertz CT molecular complexity index is 359. The van der Waals surface area contributed by atoms with Crippen molar-refractivity contribution in [1.29, 1.82) is 0 Å². The third kappa shape index (κ3) is 4.49. The maximum Gasteiger partial charge on any atom is 0.326 e. The number of aliphatic carboxylic acids is 1. The van der Waals surface area contributed by atoms with Crippen LogP contribution < -0.4 is 10.6 Å². The fourth-order valence-electron chi connectivity index (χ4n) is 1.80. The number of esters is 1. The van der Waals surface area contributed by atoms with Gasteiger partial charge in [0.05, 0.1) is 25.7 Å². The molecule has 2 unspecified atom stereocenters. The standard InChI is InChI=1S/C11H18N2O6/c1-18-6-3-7(12-5-6)10(15)13-8(11(16)17)4-9(14)19-2/h6-8,12H,3-5H2,1-2H3,(H,13,15)(H,16,17)/t6?,7?,8-/m0/s1. The molecular formula is C11H18N2O6. The summed E-state index contributed by atoms with van der Waals surface area (Å²) < 4.78 is 9.48. The zero-order chi connectivity index (χ0) is 14.4. The Morgan fingerprint density at radius 3 is 2.58 bits per heavy atom. The number of rotatable bonds is 6. The minimum Gasteiger partial charge on any atom is -0.480 e. The van der Waals surface area contributed by atoms with E-state index in [1.54, 1.807) is 7.11 Å². The third-order valence-electron chi connectivity index (χ3n) is 2.95. The lowest BCUT2D eigenvalue weighted by Crippen LogP contribution is -2.49. The zero-order valence-electron chi connectivity index (χ0n) is 10.8. The molecule has 0 aromatic carbocycles. The highest BCUT2D eigenvalue weighted by molar-refractivity contribution is 5.89. The van der Waals surface area contributed by atoms with Crippen molar-refractivity contribution in [2.24, 2.45) is 0 Å². The average Bonchev–Trinajstić information content (AvgIpc) is 2.86. The van der Waals surface area contributed by atoms with E-state index in [1.165, 1.54) is 0 Å². The number of methoxy groups -OCH3 is 2. The predicted molar refractivity (Wildman–Crippen MR) is 63.4 cm³/mol. The van der Waals surface area contributed by atoms with Crippen LogP contribution in [-0.2, 0) is 23.9 Å². The fraction of sp³-hybridized carbons (Fsp3) is 0.727. The summed E-state index contributed by atoms with van der Waals surface area (Å²) in [7, 11) is 2.70. The molecule has 19 heavy (non-hydrogen) atoms. The number of carboxylic acids is 1. The maximum atomic E-state index is 11.8. The van der Waals surface area contributed by atoms with Crippen LogP contribution in [0.4, 0.5) is 0 Å². The molecule has 3 atom stereocenters. The molecule has 1 rings (SSSR count). The van der Waals surface area contributed by atoms with Crippen LogP contribution in [0.15, 0.2) is 0 Å². The lowest BCUT2D eigenvalue weighted by molar-refractivity contribution is -0.148. The summed E-state index contributed by atoms with van der Waals surface area (Å²) in [4.78, 5) is 33.9. The molecule has 1 aliphatic heterocycles. The van der Waals surface area contributed by atoms with E-state index in [9.17, 15) is 14.4 Å². The van der Waals surface area contributed by atoms with Crippen molar-refractivity contribution < 1.29 is 29.0 Å². The molecule has 1 aliphatic rings. The van der Waals surface area contributed by atoms with Crippen LogP contribution in [0.3, 0.4) is 0 Å². The molecule has 1 saturated heterocycles. The number of hydrogen-bond donors (Lipinski definition) is 3. The van der Waals surface area contributed by atoms with Crippen molar-refractivity contribution in [1.82, 2.24) is 10.6 Å². The summed E-state index contributed by atoms with van der Waals surface area (Å²) in [5.41, 5.74) is 0. The quantitative estimate of drug-likeness (QED) is 0.505. The Morgan fingerprint density at radius 2 is 2.11 bits per heavy atom. The Labute approximate surface area is 110 Å². The van der Waals surface area contributed by atoms with Crippen molar-refractivity contribution in [3.8, 4) is 0 Å². The third-order valence-corrected chi connectivity index (χ3v) is 2.95. The van der Waals surface area contributed by atoms with Crippen LogP contribution >= 0.6 is 0 Å². The van der Waals surface area contributed by atoms with E-state index in [4.69, 9.17) is 9.84 Å². The highest BCUT2D eigenvalue weighted by Crippen LogP contribution is 2.10. The Balaban J connectivity index is 2.52. The molecule has 1 amide bonds. The topological polar surface area (TPSA) is 114 Å². The number of amides is 1. The summed E-state index contributed by atoms with van der Waals surface area (Å²) in [5.74, 6) is -2.43. The smallest absolute Gasteiger partial charge is 0.326 e. The fourth-order valence-corrected chi connectivity index (χ4v) is 1.80. The van der Waals surface area contributed by atoms with Crippen LogP contribution in [0.25, 0.3) is 0 Å². The lowest BCUT2D eigenvalue weighted by Gasteiger charge is -2.16. The van der Waals surface area contributed by atoms with Crippen LogP contribution in [0.1, 0.15) is 12.8 Å². The van der Waals surface area contributed by atoms with Gasteiger partial charge in [0, 0.05) is 13.7 Å². The molecule has 0 bridgehead atoms. The maximum absolute atomic E-state index is 11.8. The molecule has 8 nitrogen and oxygen atoms in total. The molecule has 0 spiro atoms. The Morgan fingerprint density at radius 1 is 1.42 bits per heavy atom. The molecule has 0 radical (unpaired) electrons. The van der Waals surface area contributed by atoms with Crippen LogP contribution in [0.5, 0.6) is 0 Å². The van der Waals surface area contributed by atoms with E-state index >= 15 is 0 Å². The first-order valence-electron chi connectivity index (χ1n) is 5.84. The first kappa shape index (κ1) is 15.4. The van der Waals surface area contributed by atoms with Crippen molar-refractivity contribution in [2.75, 3.05) is 20.8 Å². The van der Waals surface area contributed by atoms with Crippen molar-refractivity contribution >= 4 is 17.8 Å². The molecule has 3 N–H and O–H groups in total. The highest BCUT2D eigenvalue weighted by Gasteiger charge is 2.32. The molecule has 1 heterocycles. The Hall–Kier alpha value is -1.67. The number of carbonyl (C=O) groups is 3. The first-order valence-corrected chi connectivity index (χ1v) is 5.84. The molecule has 108 valence electrons. The highest BCUT2D eigenvalue weighted by atomic mass is 16.5. The predicted octanol–water partition coefficient (Wildman–Crippen LogP) is -1.50. The van der Waals surface area contributed by atoms with Crippen molar-refractivity contribution in [2.45, 2.75) is 31.0 Å². The minimum absolute atomic E-state index is 0.0698. The van der Waals surface area contributed by atoms with Gasteiger partial charge in [-0.25, -0.2) is 4.79 Å². The van der Waals surface area contributed by atoms with Gasteiger partial charge in [-0.15, -0.1) is 0 Å². The number of nitrogens with one attached hydrogen (secondary N) is 2. The van der Waals surface area contributed by atoms with E-state index in [1.807, 2.05) is 0 Å². The van der Waals surface area contributed by atoms with Crippen LogP contribution in [-0.4, -0.2) is 61.9 Å². The van der Waals surface area contributed by atoms with Crippen LogP contribution in [0, 0.1) is 0 Å². The van der Waals surface area contributed by atoms with Gasteiger partial charge in [0.2, 0.25) is 5.91 Å². The van der Waals surface area contributed by atoms with E-state index in [2.05, 4.69) is 15.4 Å². The number of hydrogen-bond acceptors (Lipinski definition) is 6. The largest absolute Gasteiger partial charge is 0.480 e. The SMILES string of the molecule is COC(=O)C[C@H](NC(=O)C1CC(OC)CN1)C(=O)O. The van der Waals surface area contributed by atoms with Gasteiger partial charge < -0.3 is 25.2 Å². The van der Waals surface area contributed by atoms with Gasteiger partial charge >= 0.3 is 11.9 Å². The molecule has 0 aromatic heterocycles. The van der Waals surface area contributed by atoms with Crippen LogP contribution in [0.2, 0.25) is 0 Å². The van der Waals surface area contributed by atoms with E-state index in [-0.39, 0.29) is 6.10 Å². The number of carboxylic acid groups (broad SMARTS) is 1. The number of carbonyl (C=O) groups excluding carboxylic acids is 2. The van der Waals surface area contributed by atoms with Gasteiger partial charge in [0.1, 0.15) is 6.04 Å². The van der Waals surface area contributed by atoms with E-state index < -0.39 is 36.4 Å². The summed E-state index contributed by atoms with van der Waals surface area (Å²) >= 11 is 0. The molecule has 0 aromatic rings. The summed E-state index contributed by atoms with van der Waals surface area (Å²) in [6.07, 6.45) is -0.00937. The van der Waals surface area contributed by atoms with Gasteiger partial charge in [0.15, 0.2) is 0 Å². The molecule has 0 aliphatic carbocycles. The second-order valence-corrected chi connectivity index (χ2v) is 4.23. The lowest BCUT2D eigenvalue weighted by atomic mass is 10.1. The van der Waals surface area contributed by atoms with Gasteiger partial charge in [-0.3, -0.25) is 9.59 Å². The normalized spacial score (nSPS) is 23.7. The molecular weight excluding hydrogens is 256 g/mol. The van der Waals surface area contributed by atoms with Gasteiger partial charge in [-0.1, -0.05) is 0 Å². The van der Waals surface area contributed by atoms with E-state index in [0.717, 1.165) is 7.11 Å². The number of ether oxygens (including phenoxy) is 2. The molecule has 0 saturated carbocycles. The Kier molecular flexibility index (Phi) is 5.71. The monoisotopic (exact) mass is 274 g/mol. The van der Waals surface area contributed by atoms with Gasteiger partial charge in [0.25, 0.3) is 0 Å². The average molecular weight is 274 g/mol. The first-order chi connectivity index (χ1) is 8.97.